The van der Waals surface area contributed by atoms with Crippen molar-refractivity contribution in [2.45, 2.75) is 95.5 Å². The molecule has 0 bridgehead atoms. The largest absolute Gasteiger partial charge is 0.394 e. The van der Waals surface area contributed by atoms with Crippen molar-refractivity contribution < 1.29 is 24.8 Å². The Morgan fingerprint density at radius 1 is 1.04 bits per heavy atom. The number of aliphatic hydroxyl groups excluding tert-OH is 3. The lowest BCUT2D eigenvalue weighted by Crippen LogP contribution is -2.41. The Labute approximate surface area is 153 Å². The highest BCUT2D eigenvalue weighted by Crippen LogP contribution is 2.20. The summed E-state index contributed by atoms with van der Waals surface area (Å²) in [5, 5.41) is 28.5. The first kappa shape index (κ1) is 22.6. The first-order valence-corrected chi connectivity index (χ1v) is 10.1. The van der Waals surface area contributed by atoms with Crippen LogP contribution in [0.5, 0.6) is 0 Å². The lowest BCUT2D eigenvalue weighted by molar-refractivity contribution is -0.0730. The number of unbranched alkanes of at least 4 members (excludes halogenated alkanes) is 8. The number of allylic oxidation sites excluding steroid dienone is 2. The second-order valence-electron chi connectivity index (χ2n) is 6.97. The first-order valence-electron chi connectivity index (χ1n) is 10.1. The van der Waals surface area contributed by atoms with E-state index in [0.717, 1.165) is 19.3 Å². The highest BCUT2D eigenvalue weighted by molar-refractivity contribution is 4.88. The van der Waals surface area contributed by atoms with E-state index in [4.69, 9.17) is 14.6 Å². The third-order valence-corrected chi connectivity index (χ3v) is 4.72. The van der Waals surface area contributed by atoms with E-state index >= 15 is 0 Å². The second kappa shape index (κ2) is 14.7. The van der Waals surface area contributed by atoms with Crippen molar-refractivity contribution in [3.8, 4) is 0 Å². The molecule has 0 aromatic carbocycles. The molecule has 4 atom stereocenters. The van der Waals surface area contributed by atoms with Gasteiger partial charge in [0.05, 0.1) is 13.2 Å². The van der Waals surface area contributed by atoms with Crippen LogP contribution in [0.4, 0.5) is 0 Å². The standard InChI is InChI=1S/C20H38O5/c1-2-3-4-5-6-7-8-9-10-11-12-13-14-24-18-16-25-20(19(18)23)17(22)15-21/h9-10,17-23H,2-8,11-16H2,1H3/b10-9+/t17-,18+,19+,20+/m0/s1. The van der Waals surface area contributed by atoms with Crippen LogP contribution in [-0.2, 0) is 9.47 Å². The van der Waals surface area contributed by atoms with Gasteiger partial charge in [-0.05, 0) is 32.1 Å². The van der Waals surface area contributed by atoms with Crippen molar-refractivity contribution in [2.24, 2.45) is 0 Å². The highest BCUT2D eigenvalue weighted by atomic mass is 16.6. The Hall–Kier alpha value is -0.460. The molecule has 0 radical (unpaired) electrons. The Bertz CT molecular complexity index is 334. The smallest absolute Gasteiger partial charge is 0.114 e. The van der Waals surface area contributed by atoms with E-state index in [1.807, 2.05) is 0 Å². The monoisotopic (exact) mass is 358 g/mol. The normalized spacial score (nSPS) is 25.0. The zero-order valence-electron chi connectivity index (χ0n) is 15.8. The molecule has 1 aliphatic rings. The summed E-state index contributed by atoms with van der Waals surface area (Å²) < 4.78 is 10.9. The van der Waals surface area contributed by atoms with E-state index in [1.54, 1.807) is 0 Å². The summed E-state index contributed by atoms with van der Waals surface area (Å²) in [4.78, 5) is 0. The third kappa shape index (κ3) is 9.71. The van der Waals surface area contributed by atoms with Crippen LogP contribution in [0, 0.1) is 0 Å². The molecule has 1 rings (SSSR count). The molecule has 1 aliphatic heterocycles. The van der Waals surface area contributed by atoms with Crippen LogP contribution in [0.25, 0.3) is 0 Å². The molecule has 3 N–H and O–H groups in total. The van der Waals surface area contributed by atoms with Crippen LogP contribution in [0.3, 0.4) is 0 Å². The van der Waals surface area contributed by atoms with Gasteiger partial charge in [0, 0.05) is 6.61 Å². The van der Waals surface area contributed by atoms with E-state index in [2.05, 4.69) is 19.1 Å². The molecular formula is C20H38O5. The van der Waals surface area contributed by atoms with Crippen molar-refractivity contribution in [3.05, 3.63) is 12.2 Å². The summed E-state index contributed by atoms with van der Waals surface area (Å²) in [5.41, 5.74) is 0. The van der Waals surface area contributed by atoms with E-state index < -0.39 is 31.0 Å². The van der Waals surface area contributed by atoms with Crippen LogP contribution in [0.15, 0.2) is 12.2 Å². The Kier molecular flexibility index (Phi) is 13.3. The van der Waals surface area contributed by atoms with Crippen molar-refractivity contribution in [3.63, 3.8) is 0 Å². The zero-order chi connectivity index (χ0) is 18.3. The van der Waals surface area contributed by atoms with Crippen molar-refractivity contribution in [2.75, 3.05) is 19.8 Å². The first-order chi connectivity index (χ1) is 12.2. The molecule has 0 saturated carbocycles. The highest BCUT2D eigenvalue weighted by Gasteiger charge is 2.40. The van der Waals surface area contributed by atoms with Gasteiger partial charge in [-0.15, -0.1) is 0 Å². The summed E-state index contributed by atoms with van der Waals surface area (Å²) in [6, 6.07) is 0. The molecule has 5 nitrogen and oxygen atoms in total. The molecule has 0 aromatic rings. The average Bonchev–Trinajstić information content (AvgIpc) is 2.99. The molecule has 1 saturated heterocycles. The van der Waals surface area contributed by atoms with E-state index in [1.165, 1.54) is 44.9 Å². The molecular weight excluding hydrogens is 320 g/mol. The van der Waals surface area contributed by atoms with Gasteiger partial charge >= 0.3 is 0 Å². The molecule has 25 heavy (non-hydrogen) atoms. The minimum absolute atomic E-state index is 0.265. The average molecular weight is 359 g/mol. The van der Waals surface area contributed by atoms with E-state index in [9.17, 15) is 10.2 Å². The van der Waals surface area contributed by atoms with E-state index in [-0.39, 0.29) is 6.61 Å². The molecule has 5 heteroatoms. The van der Waals surface area contributed by atoms with Gasteiger partial charge in [0.2, 0.25) is 0 Å². The zero-order valence-corrected chi connectivity index (χ0v) is 15.8. The molecule has 148 valence electrons. The second-order valence-corrected chi connectivity index (χ2v) is 6.97. The predicted octanol–water partition coefficient (Wildman–Crippen LogP) is 2.96. The number of aliphatic hydroxyl groups is 3. The maximum absolute atomic E-state index is 10.0. The van der Waals surface area contributed by atoms with Gasteiger partial charge < -0.3 is 24.8 Å². The summed E-state index contributed by atoms with van der Waals surface area (Å²) >= 11 is 0. The SMILES string of the molecule is CCCCCCCC/C=C/CCCCO[C@@H]1CO[C@H]([C@@H](O)CO)[C@@H]1O. The number of hydrogen-bond acceptors (Lipinski definition) is 5. The number of ether oxygens (including phenoxy) is 2. The molecule has 1 heterocycles. The van der Waals surface area contributed by atoms with Crippen molar-refractivity contribution >= 4 is 0 Å². The maximum Gasteiger partial charge on any atom is 0.114 e. The van der Waals surface area contributed by atoms with E-state index in [0.29, 0.717) is 6.61 Å². The summed E-state index contributed by atoms with van der Waals surface area (Å²) in [6.07, 6.45) is 13.8. The summed E-state index contributed by atoms with van der Waals surface area (Å²) in [6.45, 7) is 2.68. The molecule has 0 spiro atoms. The Morgan fingerprint density at radius 3 is 2.36 bits per heavy atom. The number of rotatable bonds is 15. The van der Waals surface area contributed by atoms with Crippen LogP contribution in [0.1, 0.15) is 71.1 Å². The Balaban J connectivity index is 1.93. The molecule has 0 aromatic heterocycles. The van der Waals surface area contributed by atoms with Gasteiger partial charge in [-0.1, -0.05) is 51.2 Å². The fraction of sp³-hybridized carbons (Fsp3) is 0.900. The van der Waals surface area contributed by atoms with Gasteiger partial charge in [-0.3, -0.25) is 0 Å². The predicted molar refractivity (Wildman–Crippen MR) is 99.6 cm³/mol. The third-order valence-electron chi connectivity index (χ3n) is 4.72. The van der Waals surface area contributed by atoms with Crippen LogP contribution < -0.4 is 0 Å². The van der Waals surface area contributed by atoms with Crippen molar-refractivity contribution in [1.29, 1.82) is 0 Å². The summed E-state index contributed by atoms with van der Waals surface area (Å²) in [7, 11) is 0. The number of hydrogen-bond donors (Lipinski definition) is 3. The Morgan fingerprint density at radius 2 is 1.68 bits per heavy atom. The fourth-order valence-electron chi connectivity index (χ4n) is 3.08. The molecule has 0 amide bonds. The van der Waals surface area contributed by atoms with Gasteiger partial charge in [0.15, 0.2) is 0 Å². The fourth-order valence-corrected chi connectivity index (χ4v) is 3.08. The van der Waals surface area contributed by atoms with Gasteiger partial charge in [-0.2, -0.15) is 0 Å². The van der Waals surface area contributed by atoms with Crippen molar-refractivity contribution in [1.82, 2.24) is 0 Å². The quantitative estimate of drug-likeness (QED) is 0.310. The minimum atomic E-state index is -1.06. The van der Waals surface area contributed by atoms with Gasteiger partial charge in [0.25, 0.3) is 0 Å². The lowest BCUT2D eigenvalue weighted by atomic mass is 10.1. The lowest BCUT2D eigenvalue weighted by Gasteiger charge is -2.20. The maximum atomic E-state index is 10.0. The van der Waals surface area contributed by atoms with Gasteiger partial charge in [0.1, 0.15) is 24.4 Å². The minimum Gasteiger partial charge on any atom is -0.394 e. The van der Waals surface area contributed by atoms with Crippen LogP contribution >= 0.6 is 0 Å². The molecule has 0 aliphatic carbocycles. The molecule has 0 unspecified atom stereocenters. The van der Waals surface area contributed by atoms with Crippen LogP contribution in [0.2, 0.25) is 0 Å². The molecule has 1 fully saturated rings. The topological polar surface area (TPSA) is 79.2 Å². The van der Waals surface area contributed by atoms with Gasteiger partial charge in [-0.25, -0.2) is 0 Å². The van der Waals surface area contributed by atoms with Crippen LogP contribution in [-0.4, -0.2) is 59.6 Å². The summed E-state index contributed by atoms with van der Waals surface area (Å²) in [5.74, 6) is 0.